The van der Waals surface area contributed by atoms with Gasteiger partial charge in [-0.05, 0) is 38.0 Å². The highest BCUT2D eigenvalue weighted by Crippen LogP contribution is 2.29. The van der Waals surface area contributed by atoms with Gasteiger partial charge in [0.2, 0.25) is 0 Å². The zero-order valence-electron chi connectivity index (χ0n) is 16.3. The first-order valence-corrected chi connectivity index (χ1v) is 9.30. The van der Waals surface area contributed by atoms with Crippen molar-refractivity contribution in [2.45, 2.75) is 26.7 Å². The van der Waals surface area contributed by atoms with E-state index in [-0.39, 0.29) is 12.5 Å². The first kappa shape index (κ1) is 21.1. The molecule has 2 aromatic rings. The Balaban J connectivity index is 1.85. The minimum Gasteiger partial charge on any atom is -0.494 e. The van der Waals surface area contributed by atoms with Crippen LogP contribution in [0.2, 0.25) is 0 Å². The molecule has 2 aromatic carbocycles. The quantitative estimate of drug-likeness (QED) is 0.351. The minimum atomic E-state index is -0.366. The van der Waals surface area contributed by atoms with Gasteiger partial charge in [-0.15, -0.1) is 0 Å². The van der Waals surface area contributed by atoms with Gasteiger partial charge in [0.05, 0.1) is 18.9 Å². The lowest BCUT2D eigenvalue weighted by atomic mass is 10.1. The smallest absolute Gasteiger partial charge is 0.265 e. The number of amides is 1. The molecule has 0 saturated carbocycles. The maximum absolute atomic E-state index is 12.2. The molecule has 0 heterocycles. The van der Waals surface area contributed by atoms with Crippen LogP contribution in [0.25, 0.3) is 0 Å². The predicted octanol–water partition coefficient (Wildman–Crippen LogP) is 3.34. The Morgan fingerprint density at radius 3 is 2.54 bits per heavy atom. The average Bonchev–Trinajstić information content (AvgIpc) is 2.69. The summed E-state index contributed by atoms with van der Waals surface area (Å²) in [6.45, 7) is 4.52. The van der Waals surface area contributed by atoms with Gasteiger partial charge >= 0.3 is 0 Å². The van der Waals surface area contributed by atoms with Crippen LogP contribution in [-0.4, -0.2) is 31.6 Å². The van der Waals surface area contributed by atoms with E-state index in [9.17, 15) is 4.79 Å². The highest BCUT2D eigenvalue weighted by molar-refractivity contribution is 5.93. The molecule has 0 radical (unpaired) electrons. The summed E-state index contributed by atoms with van der Waals surface area (Å²) >= 11 is 0. The third-order valence-electron chi connectivity index (χ3n) is 3.73. The number of anilines is 1. The summed E-state index contributed by atoms with van der Waals surface area (Å²) in [6, 6.07) is 15.2. The second-order valence-corrected chi connectivity index (χ2v) is 5.91. The molecular formula is C21H27N3O4. The van der Waals surface area contributed by atoms with Crippen molar-refractivity contribution in [3.05, 3.63) is 54.1 Å². The van der Waals surface area contributed by atoms with Gasteiger partial charge in [0.15, 0.2) is 6.61 Å². The summed E-state index contributed by atoms with van der Waals surface area (Å²) < 4.78 is 11.0. The molecule has 0 saturated heterocycles. The van der Waals surface area contributed by atoms with E-state index in [4.69, 9.17) is 20.0 Å². The van der Waals surface area contributed by atoms with E-state index in [0.29, 0.717) is 42.7 Å². The summed E-state index contributed by atoms with van der Waals surface area (Å²) in [7, 11) is 0. The number of ether oxygens (including phenoxy) is 2. The fraction of sp³-hybridized carbons (Fsp3) is 0.333. The number of nitrogens with zero attached hydrogens (tertiary/aromatic N) is 1. The van der Waals surface area contributed by atoms with E-state index in [1.807, 2.05) is 44.2 Å². The number of hydrogen-bond donors (Lipinski definition) is 2. The van der Waals surface area contributed by atoms with Crippen molar-refractivity contribution in [3.8, 4) is 11.5 Å². The van der Waals surface area contributed by atoms with E-state index >= 15 is 0 Å². The maximum Gasteiger partial charge on any atom is 0.265 e. The predicted molar refractivity (Wildman–Crippen MR) is 110 cm³/mol. The fourth-order valence-electron chi connectivity index (χ4n) is 2.47. The first-order valence-electron chi connectivity index (χ1n) is 9.30. The third-order valence-corrected chi connectivity index (χ3v) is 3.73. The normalized spacial score (nSPS) is 11.0. The molecule has 0 atom stereocenters. The van der Waals surface area contributed by atoms with Crippen LogP contribution >= 0.6 is 0 Å². The van der Waals surface area contributed by atoms with Crippen LogP contribution in [0.1, 0.15) is 25.8 Å². The molecule has 0 aliphatic heterocycles. The van der Waals surface area contributed by atoms with Crippen LogP contribution < -0.4 is 20.5 Å². The molecule has 2 rings (SSSR count). The van der Waals surface area contributed by atoms with E-state index in [0.717, 1.165) is 12.0 Å². The number of benzene rings is 2. The van der Waals surface area contributed by atoms with Gasteiger partial charge in [-0.3, -0.25) is 4.79 Å². The van der Waals surface area contributed by atoms with E-state index in [1.165, 1.54) is 0 Å². The van der Waals surface area contributed by atoms with E-state index in [1.54, 1.807) is 18.2 Å². The molecule has 0 unspecified atom stereocenters. The van der Waals surface area contributed by atoms with Crippen molar-refractivity contribution >= 4 is 17.4 Å². The van der Waals surface area contributed by atoms with Crippen molar-refractivity contribution < 1.29 is 19.1 Å². The molecule has 0 aliphatic carbocycles. The van der Waals surface area contributed by atoms with Crippen molar-refractivity contribution in [2.24, 2.45) is 10.9 Å². The molecule has 7 nitrogen and oxygen atoms in total. The lowest BCUT2D eigenvalue weighted by molar-refractivity contribution is -0.120. The fourth-order valence-corrected chi connectivity index (χ4v) is 2.47. The topological polar surface area (TPSA) is 95.2 Å². The summed E-state index contributed by atoms with van der Waals surface area (Å²) in [5.74, 6) is 1.18. The summed E-state index contributed by atoms with van der Waals surface area (Å²) in [5, 5.41) is 6.55. The Bertz CT molecular complexity index is 778. The number of nitrogens with one attached hydrogen (secondary N) is 1. The Labute approximate surface area is 165 Å². The lowest BCUT2D eigenvalue weighted by Gasteiger charge is -2.13. The number of hydrogen-bond acceptors (Lipinski definition) is 5. The largest absolute Gasteiger partial charge is 0.494 e. The highest BCUT2D eigenvalue weighted by Gasteiger charge is 2.10. The third kappa shape index (κ3) is 7.19. The van der Waals surface area contributed by atoms with Gasteiger partial charge in [0.25, 0.3) is 5.91 Å². The molecular weight excluding hydrogens is 358 g/mol. The molecule has 0 aliphatic rings. The summed E-state index contributed by atoms with van der Waals surface area (Å²) in [4.78, 5) is 17.2. The molecule has 3 N–H and O–H groups in total. The molecule has 7 heteroatoms. The summed E-state index contributed by atoms with van der Waals surface area (Å²) in [6.07, 6.45) is 1.31. The minimum absolute atomic E-state index is 0.254. The molecule has 0 fully saturated rings. The van der Waals surface area contributed by atoms with Gasteiger partial charge in [-0.2, -0.15) is 0 Å². The average molecular weight is 385 g/mol. The number of aryl methyl sites for hydroxylation is 1. The SMILES string of the molecule is CCOc1ccc(OCC)c(NC(=O)CO/N=C(\N)CCc2ccccc2)c1. The van der Waals surface area contributed by atoms with Gasteiger partial charge in [-0.1, -0.05) is 35.5 Å². The van der Waals surface area contributed by atoms with Gasteiger partial charge < -0.3 is 25.4 Å². The lowest BCUT2D eigenvalue weighted by Crippen LogP contribution is -2.19. The number of carbonyl (C=O) groups excluding carboxylic acids is 1. The highest BCUT2D eigenvalue weighted by atomic mass is 16.6. The van der Waals surface area contributed by atoms with Crippen LogP contribution in [0.5, 0.6) is 11.5 Å². The van der Waals surface area contributed by atoms with Crippen LogP contribution in [0.15, 0.2) is 53.7 Å². The number of nitrogens with two attached hydrogens (primary N) is 1. The Kier molecular flexibility index (Phi) is 8.65. The standard InChI is InChI=1S/C21H27N3O4/c1-3-26-17-11-12-19(27-4-2)18(14-17)23-21(25)15-28-24-20(22)13-10-16-8-6-5-7-9-16/h5-9,11-12,14H,3-4,10,13,15H2,1-2H3,(H2,22,24)(H,23,25). The summed E-state index contributed by atoms with van der Waals surface area (Å²) in [5.41, 5.74) is 7.51. The van der Waals surface area contributed by atoms with Gasteiger partial charge in [-0.25, -0.2) is 0 Å². The van der Waals surface area contributed by atoms with Gasteiger partial charge in [0.1, 0.15) is 17.3 Å². The van der Waals surface area contributed by atoms with Gasteiger partial charge in [0, 0.05) is 12.5 Å². The molecule has 1 amide bonds. The van der Waals surface area contributed by atoms with Crippen molar-refractivity contribution in [1.82, 2.24) is 0 Å². The van der Waals surface area contributed by atoms with E-state index < -0.39 is 0 Å². The Morgan fingerprint density at radius 1 is 1.07 bits per heavy atom. The second kappa shape index (κ2) is 11.5. The van der Waals surface area contributed by atoms with Crippen molar-refractivity contribution in [2.75, 3.05) is 25.1 Å². The number of carbonyl (C=O) groups is 1. The monoisotopic (exact) mass is 385 g/mol. The van der Waals surface area contributed by atoms with Crippen LogP contribution in [0.4, 0.5) is 5.69 Å². The zero-order valence-corrected chi connectivity index (χ0v) is 16.3. The zero-order chi connectivity index (χ0) is 20.2. The molecule has 0 aromatic heterocycles. The number of oxime groups is 1. The Hall–Kier alpha value is -3.22. The number of amidine groups is 1. The molecule has 0 spiro atoms. The van der Waals surface area contributed by atoms with Crippen LogP contribution in [-0.2, 0) is 16.1 Å². The van der Waals surface area contributed by atoms with Crippen molar-refractivity contribution in [3.63, 3.8) is 0 Å². The maximum atomic E-state index is 12.2. The van der Waals surface area contributed by atoms with Crippen molar-refractivity contribution in [1.29, 1.82) is 0 Å². The molecule has 28 heavy (non-hydrogen) atoms. The Morgan fingerprint density at radius 2 is 1.82 bits per heavy atom. The molecule has 0 bridgehead atoms. The van der Waals surface area contributed by atoms with Crippen LogP contribution in [0.3, 0.4) is 0 Å². The van der Waals surface area contributed by atoms with E-state index in [2.05, 4.69) is 10.5 Å². The molecule has 150 valence electrons. The van der Waals surface area contributed by atoms with Crippen LogP contribution in [0, 0.1) is 0 Å². The number of rotatable bonds is 11. The first-order chi connectivity index (χ1) is 13.6. The second-order valence-electron chi connectivity index (χ2n) is 5.91.